The molecule has 3 rings (SSSR count). The first-order valence-corrected chi connectivity index (χ1v) is 8.39. The van der Waals surface area contributed by atoms with E-state index in [1.807, 2.05) is 60.7 Å². The standard InChI is InChI=1S/C22H19N3O2/c23-20-15-21(24)19(14-12-17-9-5-2-6-10-17)22(25(26)27)18(20)13-11-16-7-3-1-4-8-16/h1-15H,23-24H2/b13-11-,14-12-. The van der Waals surface area contributed by atoms with Crippen LogP contribution >= 0.6 is 0 Å². The molecule has 0 aliphatic rings. The van der Waals surface area contributed by atoms with Gasteiger partial charge in [0.15, 0.2) is 0 Å². The molecular weight excluding hydrogens is 338 g/mol. The molecule has 0 fully saturated rings. The Hall–Kier alpha value is -3.86. The second kappa shape index (κ2) is 8.01. The Morgan fingerprint density at radius 1 is 0.704 bits per heavy atom. The van der Waals surface area contributed by atoms with Crippen LogP contribution in [0.3, 0.4) is 0 Å². The van der Waals surface area contributed by atoms with Crippen molar-refractivity contribution in [2.24, 2.45) is 0 Å². The van der Waals surface area contributed by atoms with Gasteiger partial charge >= 0.3 is 0 Å². The van der Waals surface area contributed by atoms with E-state index in [1.165, 1.54) is 0 Å². The topological polar surface area (TPSA) is 95.2 Å². The van der Waals surface area contributed by atoms with E-state index < -0.39 is 4.92 Å². The van der Waals surface area contributed by atoms with E-state index in [9.17, 15) is 10.1 Å². The molecule has 0 heterocycles. The predicted octanol–water partition coefficient (Wildman–Crippen LogP) is 5.10. The molecule has 0 atom stereocenters. The number of rotatable bonds is 5. The zero-order valence-corrected chi connectivity index (χ0v) is 14.6. The van der Waals surface area contributed by atoms with Gasteiger partial charge in [0.05, 0.1) is 16.1 Å². The Kier molecular flexibility index (Phi) is 5.33. The highest BCUT2D eigenvalue weighted by Gasteiger charge is 2.22. The Morgan fingerprint density at radius 2 is 1.11 bits per heavy atom. The Morgan fingerprint density at radius 3 is 1.48 bits per heavy atom. The maximum atomic E-state index is 11.8. The first-order valence-electron chi connectivity index (χ1n) is 8.39. The van der Waals surface area contributed by atoms with Crippen LogP contribution in [0.5, 0.6) is 0 Å². The van der Waals surface area contributed by atoms with E-state index >= 15 is 0 Å². The molecule has 0 amide bonds. The molecule has 27 heavy (non-hydrogen) atoms. The van der Waals surface area contributed by atoms with Gasteiger partial charge < -0.3 is 11.5 Å². The zero-order valence-electron chi connectivity index (χ0n) is 14.6. The predicted molar refractivity (Wildman–Crippen MR) is 113 cm³/mol. The fourth-order valence-corrected chi connectivity index (χ4v) is 2.78. The molecule has 0 aliphatic heterocycles. The van der Waals surface area contributed by atoms with Gasteiger partial charge in [0.1, 0.15) is 0 Å². The normalized spacial score (nSPS) is 11.3. The lowest BCUT2D eigenvalue weighted by Gasteiger charge is -2.09. The molecule has 3 aromatic rings. The number of nitro benzene ring substituents is 1. The average Bonchev–Trinajstić information content (AvgIpc) is 2.67. The van der Waals surface area contributed by atoms with Crippen molar-refractivity contribution in [2.45, 2.75) is 0 Å². The van der Waals surface area contributed by atoms with Gasteiger partial charge in [0.2, 0.25) is 0 Å². The molecule has 5 heteroatoms. The van der Waals surface area contributed by atoms with Crippen molar-refractivity contribution >= 4 is 41.4 Å². The highest BCUT2D eigenvalue weighted by molar-refractivity contribution is 5.91. The van der Waals surface area contributed by atoms with Crippen molar-refractivity contribution in [3.05, 3.63) is 99.1 Å². The van der Waals surface area contributed by atoms with Crippen molar-refractivity contribution in [1.82, 2.24) is 0 Å². The molecule has 0 spiro atoms. The molecule has 0 aromatic heterocycles. The van der Waals surface area contributed by atoms with Crippen LogP contribution in [-0.2, 0) is 0 Å². The number of benzene rings is 3. The molecule has 0 saturated heterocycles. The summed E-state index contributed by atoms with van der Waals surface area (Å²) in [6.07, 6.45) is 6.89. The largest absolute Gasteiger partial charge is 0.398 e. The smallest absolute Gasteiger partial charge is 0.287 e. The van der Waals surface area contributed by atoms with Crippen LogP contribution in [0, 0.1) is 10.1 Å². The van der Waals surface area contributed by atoms with Crippen LogP contribution in [0.4, 0.5) is 17.1 Å². The lowest BCUT2D eigenvalue weighted by molar-refractivity contribution is -0.385. The summed E-state index contributed by atoms with van der Waals surface area (Å²) in [5, 5.41) is 11.8. The minimum atomic E-state index is -0.442. The summed E-state index contributed by atoms with van der Waals surface area (Å²) in [7, 11) is 0. The maximum Gasteiger partial charge on any atom is 0.287 e. The first-order chi connectivity index (χ1) is 13.1. The molecule has 4 N–H and O–H groups in total. The van der Waals surface area contributed by atoms with Gasteiger partial charge in [-0.3, -0.25) is 10.1 Å². The van der Waals surface area contributed by atoms with Gasteiger partial charge in [-0.05, 0) is 29.3 Å². The molecule has 3 aromatic carbocycles. The second-order valence-corrected chi connectivity index (χ2v) is 5.98. The fourth-order valence-electron chi connectivity index (χ4n) is 2.78. The summed E-state index contributed by atoms with van der Waals surface area (Å²) in [5.74, 6) is 0. The summed E-state index contributed by atoms with van der Waals surface area (Å²) < 4.78 is 0. The monoisotopic (exact) mass is 357 g/mol. The van der Waals surface area contributed by atoms with Gasteiger partial charge in [-0.2, -0.15) is 0 Å². The third-order valence-electron chi connectivity index (χ3n) is 4.11. The van der Waals surface area contributed by atoms with Crippen molar-refractivity contribution < 1.29 is 4.92 Å². The van der Waals surface area contributed by atoms with E-state index in [0.29, 0.717) is 11.1 Å². The van der Waals surface area contributed by atoms with E-state index in [4.69, 9.17) is 11.5 Å². The summed E-state index contributed by atoms with van der Waals surface area (Å²) in [6.45, 7) is 0. The number of nitro groups is 1. The quantitative estimate of drug-likeness (QED) is 0.287. The molecule has 5 nitrogen and oxygen atoms in total. The van der Waals surface area contributed by atoms with Gasteiger partial charge in [-0.1, -0.05) is 72.8 Å². The van der Waals surface area contributed by atoms with E-state index in [1.54, 1.807) is 30.4 Å². The van der Waals surface area contributed by atoms with Crippen molar-refractivity contribution in [2.75, 3.05) is 11.5 Å². The minimum absolute atomic E-state index is 0.105. The number of anilines is 2. The van der Waals surface area contributed by atoms with E-state index in [0.717, 1.165) is 11.1 Å². The van der Waals surface area contributed by atoms with E-state index in [-0.39, 0.29) is 17.1 Å². The molecule has 0 bridgehead atoms. The van der Waals surface area contributed by atoms with Crippen LogP contribution in [0.1, 0.15) is 22.3 Å². The van der Waals surface area contributed by atoms with Crippen LogP contribution in [0.25, 0.3) is 24.3 Å². The number of nitrogens with two attached hydrogens (primary N) is 2. The van der Waals surface area contributed by atoms with Crippen molar-refractivity contribution in [3.8, 4) is 0 Å². The summed E-state index contributed by atoms with van der Waals surface area (Å²) in [5.41, 5.74) is 15.0. The molecule has 0 aliphatic carbocycles. The van der Waals surface area contributed by atoms with Crippen LogP contribution in [0.2, 0.25) is 0 Å². The van der Waals surface area contributed by atoms with Crippen LogP contribution in [0.15, 0.2) is 66.7 Å². The van der Waals surface area contributed by atoms with Gasteiger partial charge in [0.25, 0.3) is 5.69 Å². The highest BCUT2D eigenvalue weighted by atomic mass is 16.6. The average molecular weight is 357 g/mol. The maximum absolute atomic E-state index is 11.8. The van der Waals surface area contributed by atoms with Gasteiger partial charge in [-0.25, -0.2) is 0 Å². The lowest BCUT2D eigenvalue weighted by atomic mass is 10.0. The Bertz CT molecular complexity index is 937. The third-order valence-corrected chi connectivity index (χ3v) is 4.11. The summed E-state index contributed by atoms with van der Waals surface area (Å²) in [4.78, 5) is 11.4. The molecule has 0 saturated carbocycles. The number of nitrogens with zero attached hydrogens (tertiary/aromatic N) is 1. The van der Waals surface area contributed by atoms with Crippen LogP contribution < -0.4 is 11.5 Å². The summed E-state index contributed by atoms with van der Waals surface area (Å²) in [6, 6.07) is 20.6. The number of hydrogen-bond acceptors (Lipinski definition) is 4. The molecule has 134 valence electrons. The Balaban J connectivity index is 2.09. The molecule has 0 radical (unpaired) electrons. The number of nitrogen functional groups attached to an aromatic ring is 2. The fraction of sp³-hybridized carbons (Fsp3) is 0. The van der Waals surface area contributed by atoms with Crippen molar-refractivity contribution in [3.63, 3.8) is 0 Å². The SMILES string of the molecule is Nc1cc(N)c(/C=C\c2ccccc2)c([N+](=O)[O-])c1/C=C\c1ccccc1. The first kappa shape index (κ1) is 17.9. The minimum Gasteiger partial charge on any atom is -0.398 e. The zero-order chi connectivity index (χ0) is 19.2. The van der Waals surface area contributed by atoms with Crippen molar-refractivity contribution in [1.29, 1.82) is 0 Å². The molecular formula is C22H19N3O2. The van der Waals surface area contributed by atoms with Crippen LogP contribution in [-0.4, -0.2) is 4.92 Å². The highest BCUT2D eigenvalue weighted by Crippen LogP contribution is 2.36. The second-order valence-electron chi connectivity index (χ2n) is 5.98. The number of hydrogen-bond donors (Lipinski definition) is 2. The van der Waals surface area contributed by atoms with E-state index in [2.05, 4.69) is 0 Å². The molecule has 0 unspecified atom stereocenters. The summed E-state index contributed by atoms with van der Waals surface area (Å²) >= 11 is 0. The Labute approximate surface area is 157 Å². The third kappa shape index (κ3) is 4.22. The lowest BCUT2D eigenvalue weighted by Crippen LogP contribution is -2.03. The van der Waals surface area contributed by atoms with Gasteiger partial charge in [-0.15, -0.1) is 0 Å². The van der Waals surface area contributed by atoms with Gasteiger partial charge in [0, 0.05) is 11.4 Å².